The lowest BCUT2D eigenvalue weighted by Gasteiger charge is -2.37. The van der Waals surface area contributed by atoms with Crippen LogP contribution in [0.1, 0.15) is 19.3 Å². The zero-order chi connectivity index (χ0) is 12.4. The van der Waals surface area contributed by atoms with Gasteiger partial charge in [0.2, 0.25) is 0 Å². The molecule has 0 aliphatic carbocycles. The number of nitrogens with zero attached hydrogens (tertiary/aromatic N) is 2. The molecule has 1 aromatic carbocycles. The first-order valence-electron chi connectivity index (χ1n) is 6.83. The van der Waals surface area contributed by atoms with Crippen LogP contribution in [-0.4, -0.2) is 35.7 Å². The molecule has 3 nitrogen and oxygen atoms in total. The second-order valence-electron chi connectivity index (χ2n) is 5.10. The van der Waals surface area contributed by atoms with Gasteiger partial charge in [-0.2, -0.15) is 0 Å². The second kappa shape index (κ2) is 5.41. The third-order valence-electron chi connectivity index (χ3n) is 3.93. The zero-order valence-corrected chi connectivity index (χ0v) is 11.5. The molecule has 0 spiro atoms. The molecule has 2 aliphatic rings. The molecule has 2 fully saturated rings. The minimum Gasteiger partial charge on any atom is -0.397 e. The van der Waals surface area contributed by atoms with Crippen molar-refractivity contribution >= 4 is 23.3 Å². The summed E-state index contributed by atoms with van der Waals surface area (Å²) in [5, 5.41) is 0. The van der Waals surface area contributed by atoms with Crippen LogP contribution < -0.4 is 10.6 Å². The molecule has 1 aromatic rings. The van der Waals surface area contributed by atoms with Crippen LogP contribution in [0.5, 0.6) is 0 Å². The number of nitrogens with two attached hydrogens (primary N) is 1. The van der Waals surface area contributed by atoms with Gasteiger partial charge in [-0.25, -0.2) is 4.31 Å². The van der Waals surface area contributed by atoms with E-state index in [1.807, 2.05) is 24.1 Å². The maximum Gasteiger partial charge on any atom is 0.0599 e. The monoisotopic (exact) mass is 263 g/mol. The van der Waals surface area contributed by atoms with Crippen LogP contribution in [0, 0.1) is 0 Å². The van der Waals surface area contributed by atoms with Crippen molar-refractivity contribution in [2.45, 2.75) is 25.3 Å². The predicted molar refractivity (Wildman–Crippen MR) is 79.9 cm³/mol. The fourth-order valence-electron chi connectivity index (χ4n) is 2.92. The Bertz CT molecular complexity index is 396. The molecule has 18 heavy (non-hydrogen) atoms. The molecule has 0 saturated carbocycles. The van der Waals surface area contributed by atoms with Crippen molar-refractivity contribution < 1.29 is 0 Å². The van der Waals surface area contributed by atoms with Crippen LogP contribution >= 0.6 is 11.9 Å². The molecule has 0 radical (unpaired) electrons. The lowest BCUT2D eigenvalue weighted by Crippen LogP contribution is -2.41. The average molecular weight is 263 g/mol. The molecular formula is C14H21N3S. The van der Waals surface area contributed by atoms with Gasteiger partial charge in [-0.05, 0) is 31.4 Å². The van der Waals surface area contributed by atoms with Gasteiger partial charge in [0.15, 0.2) is 0 Å². The molecule has 2 aliphatic heterocycles. The van der Waals surface area contributed by atoms with Crippen molar-refractivity contribution in [2.75, 3.05) is 36.0 Å². The lowest BCUT2D eigenvalue weighted by molar-refractivity contribution is 0.309. The average Bonchev–Trinajstić information content (AvgIpc) is 2.94. The number of nitrogen functional groups attached to an aromatic ring is 1. The minimum atomic E-state index is 0.777. The van der Waals surface area contributed by atoms with Crippen LogP contribution in [0.15, 0.2) is 24.3 Å². The van der Waals surface area contributed by atoms with Crippen molar-refractivity contribution in [1.29, 1.82) is 0 Å². The predicted octanol–water partition coefficient (Wildman–Crippen LogP) is 2.59. The van der Waals surface area contributed by atoms with Crippen LogP contribution in [0.4, 0.5) is 11.4 Å². The molecule has 0 aromatic heterocycles. The van der Waals surface area contributed by atoms with Gasteiger partial charge in [0.1, 0.15) is 0 Å². The fraction of sp³-hybridized carbons (Fsp3) is 0.571. The normalized spacial score (nSPS) is 22.6. The highest BCUT2D eigenvalue weighted by atomic mass is 32.2. The lowest BCUT2D eigenvalue weighted by atomic mass is 10.0. The van der Waals surface area contributed by atoms with E-state index in [0.717, 1.165) is 24.8 Å². The van der Waals surface area contributed by atoms with Gasteiger partial charge in [0, 0.05) is 31.4 Å². The SMILES string of the molecule is Nc1ccccc1N1CCC(N2CCCS2)CC1. The molecule has 0 atom stereocenters. The summed E-state index contributed by atoms with van der Waals surface area (Å²) < 4.78 is 2.60. The summed E-state index contributed by atoms with van der Waals surface area (Å²) in [4.78, 5) is 2.44. The van der Waals surface area contributed by atoms with Crippen molar-refractivity contribution in [2.24, 2.45) is 0 Å². The first kappa shape index (κ1) is 12.2. The van der Waals surface area contributed by atoms with Crippen LogP contribution in [-0.2, 0) is 0 Å². The Labute approximate surface area is 113 Å². The van der Waals surface area contributed by atoms with Crippen molar-refractivity contribution in [3.63, 3.8) is 0 Å². The molecular weight excluding hydrogens is 242 g/mol. The van der Waals surface area contributed by atoms with E-state index < -0.39 is 0 Å². The quantitative estimate of drug-likeness (QED) is 0.656. The summed E-state index contributed by atoms with van der Waals surface area (Å²) in [5.41, 5.74) is 8.17. The molecule has 2 heterocycles. The molecule has 98 valence electrons. The van der Waals surface area contributed by atoms with E-state index >= 15 is 0 Å². The number of para-hydroxylation sites is 2. The second-order valence-corrected chi connectivity index (χ2v) is 6.24. The summed E-state index contributed by atoms with van der Waals surface area (Å²) in [5.74, 6) is 1.31. The Morgan fingerprint density at radius 1 is 1.11 bits per heavy atom. The van der Waals surface area contributed by atoms with Crippen LogP contribution in [0.2, 0.25) is 0 Å². The highest BCUT2D eigenvalue weighted by Crippen LogP contribution is 2.31. The molecule has 3 rings (SSSR count). The topological polar surface area (TPSA) is 32.5 Å². The molecule has 2 saturated heterocycles. The molecule has 0 bridgehead atoms. The number of hydrogen-bond donors (Lipinski definition) is 1. The van der Waals surface area contributed by atoms with Crippen molar-refractivity contribution in [3.8, 4) is 0 Å². The summed E-state index contributed by atoms with van der Waals surface area (Å²) in [6, 6.07) is 9.00. The number of anilines is 2. The van der Waals surface area contributed by atoms with Gasteiger partial charge in [-0.1, -0.05) is 24.1 Å². The third-order valence-corrected chi connectivity index (χ3v) is 5.21. The zero-order valence-electron chi connectivity index (χ0n) is 10.7. The number of piperidine rings is 1. The standard InChI is InChI=1S/C14H21N3S/c15-13-4-1-2-5-14(13)16-9-6-12(7-10-16)17-8-3-11-18-17/h1-2,4-5,12H,3,6-11,15H2. The maximum absolute atomic E-state index is 6.05. The summed E-state index contributed by atoms with van der Waals surface area (Å²) >= 11 is 2.04. The van der Waals surface area contributed by atoms with Gasteiger partial charge in [-0.15, -0.1) is 0 Å². The smallest absolute Gasteiger partial charge is 0.0599 e. The van der Waals surface area contributed by atoms with E-state index in [1.165, 1.54) is 37.2 Å². The van der Waals surface area contributed by atoms with E-state index in [2.05, 4.69) is 21.3 Å². The number of rotatable bonds is 2. The highest BCUT2D eigenvalue weighted by Gasteiger charge is 2.27. The Balaban J connectivity index is 1.61. The molecule has 4 heteroatoms. The Morgan fingerprint density at radius 3 is 2.56 bits per heavy atom. The Morgan fingerprint density at radius 2 is 1.89 bits per heavy atom. The van der Waals surface area contributed by atoms with E-state index in [4.69, 9.17) is 5.73 Å². The fourth-order valence-corrected chi connectivity index (χ4v) is 4.10. The van der Waals surface area contributed by atoms with E-state index in [1.54, 1.807) is 0 Å². The Kier molecular flexibility index (Phi) is 3.66. The van der Waals surface area contributed by atoms with Crippen molar-refractivity contribution in [3.05, 3.63) is 24.3 Å². The molecule has 0 unspecified atom stereocenters. The van der Waals surface area contributed by atoms with E-state index in [0.29, 0.717) is 0 Å². The summed E-state index contributed by atoms with van der Waals surface area (Å²) in [6.07, 6.45) is 3.89. The van der Waals surface area contributed by atoms with Crippen LogP contribution in [0.25, 0.3) is 0 Å². The Hall–Kier alpha value is -0.870. The molecule has 2 N–H and O–H groups in total. The van der Waals surface area contributed by atoms with Gasteiger partial charge >= 0.3 is 0 Å². The highest BCUT2D eigenvalue weighted by molar-refractivity contribution is 7.97. The summed E-state index contributed by atoms with van der Waals surface area (Å²) in [7, 11) is 0. The molecule has 0 amide bonds. The van der Waals surface area contributed by atoms with E-state index in [-0.39, 0.29) is 0 Å². The largest absolute Gasteiger partial charge is 0.397 e. The first-order chi connectivity index (χ1) is 8.84. The van der Waals surface area contributed by atoms with Gasteiger partial charge < -0.3 is 10.6 Å². The first-order valence-corrected chi connectivity index (χ1v) is 7.78. The van der Waals surface area contributed by atoms with Crippen LogP contribution in [0.3, 0.4) is 0 Å². The number of benzene rings is 1. The van der Waals surface area contributed by atoms with Gasteiger partial charge in [0.25, 0.3) is 0 Å². The van der Waals surface area contributed by atoms with E-state index in [9.17, 15) is 0 Å². The summed E-state index contributed by atoms with van der Waals surface area (Å²) in [6.45, 7) is 3.55. The number of hydrogen-bond acceptors (Lipinski definition) is 4. The third kappa shape index (κ3) is 2.45. The minimum absolute atomic E-state index is 0.777. The van der Waals surface area contributed by atoms with Crippen molar-refractivity contribution in [1.82, 2.24) is 4.31 Å². The maximum atomic E-state index is 6.05. The van der Waals surface area contributed by atoms with Gasteiger partial charge in [-0.3, -0.25) is 0 Å². The van der Waals surface area contributed by atoms with Gasteiger partial charge in [0.05, 0.1) is 11.4 Å².